The van der Waals surface area contributed by atoms with E-state index in [1.165, 1.54) is 26.4 Å². The molecule has 3 nitrogen and oxygen atoms in total. The van der Waals surface area contributed by atoms with Gasteiger partial charge in [-0.05, 0) is 19.3 Å². The molecule has 0 aliphatic rings. The molecule has 88 valence electrons. The van der Waals surface area contributed by atoms with Crippen LogP contribution in [0.1, 0.15) is 44.9 Å². The Morgan fingerprint density at radius 2 is 1.93 bits per heavy atom. The molecule has 1 atom stereocenters. The molecule has 1 unspecified atom stereocenters. The molecule has 0 radical (unpaired) electrons. The van der Waals surface area contributed by atoms with Crippen LogP contribution in [0.2, 0.25) is 0 Å². The summed E-state index contributed by atoms with van der Waals surface area (Å²) in [5.74, 6) is -0.857. The smallest absolute Gasteiger partial charge is 0.332 e. The highest BCUT2D eigenvalue weighted by molar-refractivity contribution is 5.72. The molecule has 3 heteroatoms. The second-order valence-corrected chi connectivity index (χ2v) is 3.70. The zero-order valence-corrected chi connectivity index (χ0v) is 9.58. The first-order chi connectivity index (χ1) is 7.22. The van der Waals surface area contributed by atoms with Crippen LogP contribution >= 0.6 is 0 Å². The highest BCUT2D eigenvalue weighted by Gasteiger charge is 2.14. The molecule has 0 aromatic carbocycles. The molecule has 0 saturated carbocycles. The van der Waals surface area contributed by atoms with E-state index in [1.54, 1.807) is 0 Å². The lowest BCUT2D eigenvalue weighted by molar-refractivity contribution is -0.148. The maximum atomic E-state index is 10.6. The summed E-state index contributed by atoms with van der Waals surface area (Å²) in [6, 6.07) is 0. The quantitative estimate of drug-likeness (QED) is 0.449. The number of methoxy groups -OCH3 is 1. The molecular weight excluding hydrogens is 192 g/mol. The van der Waals surface area contributed by atoms with Gasteiger partial charge in [0.05, 0.1) is 0 Å². The van der Waals surface area contributed by atoms with E-state index in [0.717, 1.165) is 19.3 Å². The van der Waals surface area contributed by atoms with E-state index < -0.39 is 12.1 Å². The summed E-state index contributed by atoms with van der Waals surface area (Å²) in [5, 5.41) is 8.71. The molecule has 0 bridgehead atoms. The third kappa shape index (κ3) is 8.18. The third-order valence-electron chi connectivity index (χ3n) is 2.43. The fraction of sp³-hybridized carbons (Fsp3) is 0.750. The molecule has 0 aromatic heterocycles. The van der Waals surface area contributed by atoms with Crippen LogP contribution in [0.15, 0.2) is 12.7 Å². The molecule has 0 spiro atoms. The van der Waals surface area contributed by atoms with Crippen molar-refractivity contribution in [2.45, 2.75) is 51.0 Å². The zero-order valence-electron chi connectivity index (χ0n) is 9.58. The Hall–Kier alpha value is -0.830. The maximum Gasteiger partial charge on any atom is 0.332 e. The van der Waals surface area contributed by atoms with Crippen molar-refractivity contribution in [1.82, 2.24) is 0 Å². The van der Waals surface area contributed by atoms with Gasteiger partial charge in [0.2, 0.25) is 0 Å². The normalized spacial score (nSPS) is 12.3. The number of ether oxygens (including phenoxy) is 1. The van der Waals surface area contributed by atoms with E-state index in [4.69, 9.17) is 9.84 Å². The number of carbonyl (C=O) groups is 1. The predicted molar refractivity (Wildman–Crippen MR) is 60.9 cm³/mol. The lowest BCUT2D eigenvalue weighted by Gasteiger charge is -2.09. The first kappa shape index (κ1) is 14.2. The van der Waals surface area contributed by atoms with Crippen LogP contribution < -0.4 is 0 Å². The van der Waals surface area contributed by atoms with Gasteiger partial charge in [-0.1, -0.05) is 31.8 Å². The number of allylic oxidation sites excluding steroid dienone is 1. The second-order valence-electron chi connectivity index (χ2n) is 3.70. The average molecular weight is 214 g/mol. The minimum atomic E-state index is -0.857. The lowest BCUT2D eigenvalue weighted by atomic mass is 10.1. The van der Waals surface area contributed by atoms with E-state index in [1.807, 2.05) is 6.08 Å². The highest BCUT2D eigenvalue weighted by atomic mass is 16.5. The van der Waals surface area contributed by atoms with Crippen molar-refractivity contribution in [1.29, 1.82) is 0 Å². The first-order valence-corrected chi connectivity index (χ1v) is 5.59. The Morgan fingerprint density at radius 3 is 2.47 bits per heavy atom. The minimum Gasteiger partial charge on any atom is -0.479 e. The summed E-state index contributed by atoms with van der Waals surface area (Å²) in [4.78, 5) is 10.6. The van der Waals surface area contributed by atoms with Crippen molar-refractivity contribution in [2.24, 2.45) is 0 Å². The van der Waals surface area contributed by atoms with Gasteiger partial charge in [0, 0.05) is 7.11 Å². The Balaban J connectivity index is 3.29. The van der Waals surface area contributed by atoms with E-state index in [9.17, 15) is 4.79 Å². The van der Waals surface area contributed by atoms with Gasteiger partial charge in [-0.25, -0.2) is 4.79 Å². The number of carboxylic acid groups (broad SMARTS) is 1. The summed E-state index contributed by atoms with van der Waals surface area (Å²) < 4.78 is 4.84. The van der Waals surface area contributed by atoms with Crippen LogP contribution in [0.25, 0.3) is 0 Å². The Labute approximate surface area is 92.1 Å². The summed E-state index contributed by atoms with van der Waals surface area (Å²) >= 11 is 0. The van der Waals surface area contributed by atoms with Crippen LogP contribution in [0, 0.1) is 0 Å². The predicted octanol–water partition coefficient (Wildman–Crippen LogP) is 3.00. The first-order valence-electron chi connectivity index (χ1n) is 5.59. The Morgan fingerprint density at radius 1 is 1.33 bits per heavy atom. The Kier molecular flexibility index (Phi) is 9.18. The molecule has 0 heterocycles. The van der Waals surface area contributed by atoms with Gasteiger partial charge < -0.3 is 9.84 Å². The molecule has 0 aliphatic carbocycles. The number of aliphatic carboxylic acids is 1. The van der Waals surface area contributed by atoms with Crippen molar-refractivity contribution >= 4 is 5.97 Å². The molecule has 0 aliphatic heterocycles. The fourth-order valence-electron chi connectivity index (χ4n) is 1.49. The van der Waals surface area contributed by atoms with E-state index in [0.29, 0.717) is 6.42 Å². The van der Waals surface area contributed by atoms with Crippen LogP contribution in [0.3, 0.4) is 0 Å². The largest absolute Gasteiger partial charge is 0.479 e. The van der Waals surface area contributed by atoms with Crippen molar-refractivity contribution in [2.75, 3.05) is 7.11 Å². The summed E-state index contributed by atoms with van der Waals surface area (Å²) in [5.41, 5.74) is 0. The highest BCUT2D eigenvalue weighted by Crippen LogP contribution is 2.10. The summed E-state index contributed by atoms with van der Waals surface area (Å²) in [7, 11) is 1.45. The van der Waals surface area contributed by atoms with E-state index >= 15 is 0 Å². The van der Waals surface area contributed by atoms with Gasteiger partial charge in [0.25, 0.3) is 0 Å². The van der Waals surface area contributed by atoms with Crippen LogP contribution in [0.5, 0.6) is 0 Å². The number of hydrogen-bond acceptors (Lipinski definition) is 2. The summed E-state index contributed by atoms with van der Waals surface area (Å²) in [6.45, 7) is 3.67. The average Bonchev–Trinajstić information content (AvgIpc) is 2.21. The minimum absolute atomic E-state index is 0.618. The molecule has 0 rings (SSSR count). The fourth-order valence-corrected chi connectivity index (χ4v) is 1.49. The van der Waals surface area contributed by atoms with Gasteiger partial charge in [0.1, 0.15) is 0 Å². The van der Waals surface area contributed by atoms with Crippen LogP contribution in [-0.2, 0) is 9.53 Å². The molecule has 0 aromatic rings. The standard InChI is InChI=1S/C12H22O3/c1-3-4-5-6-7-8-9-10-11(15-2)12(13)14/h3,11H,1,4-10H2,2H3,(H,13,14). The van der Waals surface area contributed by atoms with Gasteiger partial charge in [-0.2, -0.15) is 0 Å². The molecule has 0 fully saturated rings. The summed E-state index contributed by atoms with van der Waals surface area (Å²) in [6.07, 6.45) is 8.59. The molecule has 15 heavy (non-hydrogen) atoms. The van der Waals surface area contributed by atoms with Gasteiger partial charge in [0.15, 0.2) is 6.10 Å². The van der Waals surface area contributed by atoms with Gasteiger partial charge in [-0.3, -0.25) is 0 Å². The zero-order chi connectivity index (χ0) is 11.5. The van der Waals surface area contributed by atoms with Gasteiger partial charge in [-0.15, -0.1) is 6.58 Å². The van der Waals surface area contributed by atoms with E-state index in [2.05, 4.69) is 6.58 Å². The monoisotopic (exact) mass is 214 g/mol. The number of unbranched alkanes of at least 4 members (excludes halogenated alkanes) is 5. The van der Waals surface area contributed by atoms with E-state index in [-0.39, 0.29) is 0 Å². The maximum absolute atomic E-state index is 10.6. The van der Waals surface area contributed by atoms with Gasteiger partial charge >= 0.3 is 5.97 Å². The topological polar surface area (TPSA) is 46.5 Å². The molecule has 0 saturated heterocycles. The Bertz CT molecular complexity index is 178. The number of carboxylic acids is 1. The van der Waals surface area contributed by atoms with Crippen LogP contribution in [0.4, 0.5) is 0 Å². The van der Waals surface area contributed by atoms with Crippen LogP contribution in [-0.4, -0.2) is 24.3 Å². The van der Waals surface area contributed by atoms with Crippen molar-refractivity contribution < 1.29 is 14.6 Å². The third-order valence-corrected chi connectivity index (χ3v) is 2.43. The van der Waals surface area contributed by atoms with Crippen molar-refractivity contribution in [3.8, 4) is 0 Å². The second kappa shape index (κ2) is 9.71. The number of hydrogen-bond donors (Lipinski definition) is 1. The molecular formula is C12H22O3. The number of rotatable bonds is 10. The SMILES string of the molecule is C=CCCCCCCCC(OC)C(=O)O. The lowest BCUT2D eigenvalue weighted by Crippen LogP contribution is -2.21. The van der Waals surface area contributed by atoms with Crippen molar-refractivity contribution in [3.63, 3.8) is 0 Å². The molecule has 0 amide bonds. The molecule has 1 N–H and O–H groups in total. The van der Waals surface area contributed by atoms with Crippen molar-refractivity contribution in [3.05, 3.63) is 12.7 Å².